The molecule has 0 heterocycles. The van der Waals surface area contributed by atoms with E-state index in [1.165, 1.54) is 6.26 Å². The van der Waals surface area contributed by atoms with Crippen LogP contribution in [0.3, 0.4) is 0 Å². The number of sulfone groups is 1. The maximum atomic E-state index is 11.2. The Morgan fingerprint density at radius 2 is 1.67 bits per heavy atom. The summed E-state index contributed by atoms with van der Waals surface area (Å²) in [6, 6.07) is 0. The van der Waals surface area contributed by atoms with Crippen LogP contribution in [0.2, 0.25) is 0 Å². The van der Waals surface area contributed by atoms with Crippen molar-refractivity contribution >= 4 is 9.84 Å². The Balaban J connectivity index is 4.83. The van der Waals surface area contributed by atoms with Crippen LogP contribution in [0.15, 0.2) is 0 Å². The normalized spacial score (nSPS) is 12.5. The van der Waals surface area contributed by atoms with E-state index in [0.717, 1.165) is 0 Å². The number of hydrogen-bond donors (Lipinski definition) is 0. The van der Waals surface area contributed by atoms with Crippen molar-refractivity contribution in [1.29, 1.82) is 0 Å². The van der Waals surface area contributed by atoms with Gasteiger partial charge in [-0.05, 0) is 13.8 Å². The van der Waals surface area contributed by atoms with E-state index in [0.29, 0.717) is 0 Å². The van der Waals surface area contributed by atoms with Gasteiger partial charge in [0.2, 0.25) is 0 Å². The van der Waals surface area contributed by atoms with E-state index in [4.69, 9.17) is 0 Å². The van der Waals surface area contributed by atoms with Gasteiger partial charge in [-0.3, -0.25) is 0 Å². The van der Waals surface area contributed by atoms with Crippen molar-refractivity contribution in [2.24, 2.45) is 5.92 Å². The first-order valence-corrected chi connectivity index (χ1v) is 5.78. The molecule has 70 valence electrons. The molecular formula is C9H16O2S. The van der Waals surface area contributed by atoms with E-state index in [1.54, 1.807) is 13.8 Å². The first-order chi connectivity index (χ1) is 5.17. The van der Waals surface area contributed by atoms with Crippen molar-refractivity contribution in [3.8, 4) is 11.8 Å². The Bertz CT molecular complexity index is 299. The number of rotatable bonds is 1. The SMILES string of the molecule is CC(C)C#CC(C)(C)S(C)(=O)=O. The maximum absolute atomic E-state index is 11.2. The van der Waals surface area contributed by atoms with Gasteiger partial charge >= 0.3 is 0 Å². The Kier molecular flexibility index (Phi) is 3.34. The van der Waals surface area contributed by atoms with Crippen LogP contribution in [0.4, 0.5) is 0 Å². The van der Waals surface area contributed by atoms with Crippen molar-refractivity contribution in [2.45, 2.75) is 32.4 Å². The van der Waals surface area contributed by atoms with Gasteiger partial charge in [-0.25, -0.2) is 8.42 Å². The summed E-state index contributed by atoms with van der Waals surface area (Å²) in [5.74, 6) is 5.84. The van der Waals surface area contributed by atoms with Gasteiger partial charge < -0.3 is 0 Å². The quantitative estimate of drug-likeness (QED) is 0.584. The molecule has 0 saturated carbocycles. The zero-order chi connectivity index (χ0) is 9.99. The van der Waals surface area contributed by atoms with Crippen LogP contribution in [0, 0.1) is 17.8 Å². The lowest BCUT2D eigenvalue weighted by molar-refractivity contribution is 0.581. The zero-order valence-corrected chi connectivity index (χ0v) is 9.12. The molecule has 0 aliphatic carbocycles. The Morgan fingerprint density at radius 1 is 1.25 bits per heavy atom. The molecule has 2 nitrogen and oxygen atoms in total. The van der Waals surface area contributed by atoms with Crippen LogP contribution in [0.25, 0.3) is 0 Å². The van der Waals surface area contributed by atoms with Crippen LogP contribution in [-0.2, 0) is 9.84 Å². The molecule has 0 spiro atoms. The lowest BCUT2D eigenvalue weighted by Gasteiger charge is -2.14. The van der Waals surface area contributed by atoms with E-state index in [2.05, 4.69) is 11.8 Å². The van der Waals surface area contributed by atoms with E-state index < -0.39 is 14.6 Å². The van der Waals surface area contributed by atoms with Crippen LogP contribution >= 0.6 is 0 Å². The van der Waals surface area contributed by atoms with Gasteiger partial charge in [0, 0.05) is 12.2 Å². The Morgan fingerprint density at radius 3 is 1.92 bits per heavy atom. The minimum Gasteiger partial charge on any atom is -0.228 e. The molecule has 0 aromatic heterocycles. The van der Waals surface area contributed by atoms with Gasteiger partial charge in [0.25, 0.3) is 0 Å². The van der Waals surface area contributed by atoms with Gasteiger partial charge in [-0.1, -0.05) is 25.7 Å². The predicted molar refractivity (Wildman–Crippen MR) is 51.5 cm³/mol. The van der Waals surface area contributed by atoms with Crippen LogP contribution < -0.4 is 0 Å². The van der Waals surface area contributed by atoms with Crippen molar-refractivity contribution in [2.75, 3.05) is 6.26 Å². The fourth-order valence-electron chi connectivity index (χ4n) is 0.411. The van der Waals surface area contributed by atoms with Gasteiger partial charge in [0.15, 0.2) is 9.84 Å². The molecule has 0 saturated heterocycles. The zero-order valence-electron chi connectivity index (χ0n) is 8.30. The molecule has 0 amide bonds. The largest absolute Gasteiger partial charge is 0.228 e. The van der Waals surface area contributed by atoms with E-state index in [1.807, 2.05) is 13.8 Å². The molecule has 0 atom stereocenters. The lowest BCUT2D eigenvalue weighted by Crippen LogP contribution is -2.28. The van der Waals surface area contributed by atoms with Gasteiger partial charge in [-0.15, -0.1) is 0 Å². The lowest BCUT2D eigenvalue weighted by atomic mass is 10.1. The minimum atomic E-state index is -3.07. The van der Waals surface area contributed by atoms with E-state index >= 15 is 0 Å². The molecule has 0 aliphatic heterocycles. The summed E-state index contributed by atoms with van der Waals surface area (Å²) in [5, 5.41) is 0. The van der Waals surface area contributed by atoms with Crippen molar-refractivity contribution in [3.05, 3.63) is 0 Å². The second-order valence-corrected chi connectivity index (χ2v) is 6.27. The summed E-state index contributed by atoms with van der Waals surface area (Å²) in [5.41, 5.74) is 0. The third kappa shape index (κ3) is 3.27. The molecule has 0 rings (SSSR count). The highest BCUT2D eigenvalue weighted by Gasteiger charge is 2.27. The van der Waals surface area contributed by atoms with Gasteiger partial charge in [0.1, 0.15) is 4.75 Å². The summed E-state index contributed by atoms with van der Waals surface area (Å²) in [6.45, 7) is 7.12. The molecule has 0 fully saturated rings. The molecular weight excluding hydrogens is 172 g/mol. The fraction of sp³-hybridized carbons (Fsp3) is 0.778. The summed E-state index contributed by atoms with van der Waals surface area (Å²) in [7, 11) is -3.07. The molecule has 0 aromatic carbocycles. The molecule has 0 aliphatic rings. The molecule has 0 unspecified atom stereocenters. The topological polar surface area (TPSA) is 34.1 Å². The molecule has 0 radical (unpaired) electrons. The number of hydrogen-bond acceptors (Lipinski definition) is 2. The first kappa shape index (κ1) is 11.5. The van der Waals surface area contributed by atoms with Crippen molar-refractivity contribution in [3.63, 3.8) is 0 Å². The Hall–Kier alpha value is -0.490. The standard InChI is InChI=1S/C9H16O2S/c1-8(2)6-7-9(3,4)12(5,10)11/h8H,1-5H3. The average Bonchev–Trinajstić information content (AvgIpc) is 1.81. The van der Waals surface area contributed by atoms with Crippen LogP contribution in [-0.4, -0.2) is 19.4 Å². The van der Waals surface area contributed by atoms with E-state index in [9.17, 15) is 8.42 Å². The molecule has 12 heavy (non-hydrogen) atoms. The summed E-state index contributed by atoms with van der Waals surface area (Å²) >= 11 is 0. The third-order valence-electron chi connectivity index (χ3n) is 1.59. The first-order valence-electron chi connectivity index (χ1n) is 3.89. The van der Waals surface area contributed by atoms with Crippen LogP contribution in [0.5, 0.6) is 0 Å². The van der Waals surface area contributed by atoms with Crippen LogP contribution in [0.1, 0.15) is 27.7 Å². The Labute approximate surface area is 75.3 Å². The predicted octanol–water partition coefficient (Wildman–Crippen LogP) is 1.47. The fourth-order valence-corrected chi connectivity index (χ4v) is 0.655. The molecule has 0 N–H and O–H groups in total. The van der Waals surface area contributed by atoms with Crippen molar-refractivity contribution < 1.29 is 8.42 Å². The highest BCUT2D eigenvalue weighted by Crippen LogP contribution is 2.13. The average molecular weight is 188 g/mol. The summed E-state index contributed by atoms with van der Waals surface area (Å²) < 4.78 is 21.4. The highest BCUT2D eigenvalue weighted by atomic mass is 32.2. The summed E-state index contributed by atoms with van der Waals surface area (Å²) in [6.07, 6.45) is 1.21. The van der Waals surface area contributed by atoms with Gasteiger partial charge in [0.05, 0.1) is 0 Å². The molecule has 0 aromatic rings. The smallest absolute Gasteiger partial charge is 0.163 e. The second kappa shape index (κ2) is 3.49. The molecule has 0 bridgehead atoms. The van der Waals surface area contributed by atoms with E-state index in [-0.39, 0.29) is 5.92 Å². The third-order valence-corrected chi connectivity index (χ3v) is 3.54. The minimum absolute atomic E-state index is 0.214. The second-order valence-electron chi connectivity index (χ2n) is 3.71. The van der Waals surface area contributed by atoms with Crippen molar-refractivity contribution in [1.82, 2.24) is 0 Å². The monoisotopic (exact) mass is 188 g/mol. The summed E-state index contributed by atoms with van der Waals surface area (Å²) in [4.78, 5) is 0. The van der Waals surface area contributed by atoms with Gasteiger partial charge in [-0.2, -0.15) is 0 Å². The highest BCUT2D eigenvalue weighted by molar-refractivity contribution is 7.92. The molecule has 3 heteroatoms. The maximum Gasteiger partial charge on any atom is 0.163 e.